The third-order valence-electron chi connectivity index (χ3n) is 3.57. The van der Waals surface area contributed by atoms with Gasteiger partial charge in [0.1, 0.15) is 10.6 Å². The van der Waals surface area contributed by atoms with Crippen molar-refractivity contribution in [3.05, 3.63) is 21.2 Å². The Hall–Kier alpha value is -1.41. The van der Waals surface area contributed by atoms with Gasteiger partial charge in [0.05, 0.1) is 19.3 Å². The van der Waals surface area contributed by atoms with Crippen LogP contribution in [0.2, 0.25) is 0 Å². The third kappa shape index (κ3) is 3.26. The first-order chi connectivity index (χ1) is 9.95. The van der Waals surface area contributed by atoms with Crippen LogP contribution in [0.25, 0.3) is 0 Å². The fraction of sp³-hybridized carbons (Fsp3) is 0.615. The number of anilines is 1. The van der Waals surface area contributed by atoms with Gasteiger partial charge >= 0.3 is 0 Å². The van der Waals surface area contributed by atoms with Crippen LogP contribution in [-0.2, 0) is 9.53 Å². The number of carbonyl (C=O) groups is 1. The minimum absolute atomic E-state index is 0.0667. The molecule has 0 radical (unpaired) electrons. The van der Waals surface area contributed by atoms with E-state index in [0.29, 0.717) is 30.2 Å². The molecule has 1 fully saturated rings. The van der Waals surface area contributed by atoms with Crippen molar-refractivity contribution in [1.82, 2.24) is 14.9 Å². The van der Waals surface area contributed by atoms with Crippen LogP contribution in [0.1, 0.15) is 19.9 Å². The molecule has 1 aromatic heterocycles. The molecule has 1 unspecified atom stereocenters. The number of ether oxygens (including phenoxy) is 1. The Balaban J connectivity index is 2.46. The van der Waals surface area contributed by atoms with Gasteiger partial charge in [0, 0.05) is 19.8 Å². The van der Waals surface area contributed by atoms with E-state index in [1.807, 2.05) is 11.8 Å². The van der Waals surface area contributed by atoms with Crippen molar-refractivity contribution in [3.8, 4) is 0 Å². The van der Waals surface area contributed by atoms with E-state index in [-0.39, 0.29) is 17.5 Å². The minimum atomic E-state index is -0.600. The third-order valence-corrected chi connectivity index (χ3v) is 3.95. The Morgan fingerprint density at radius 2 is 2.33 bits per heavy atom. The van der Waals surface area contributed by atoms with E-state index >= 15 is 0 Å². The van der Waals surface area contributed by atoms with Gasteiger partial charge in [-0.2, -0.15) is 0 Å². The molecular weight excluding hydrogens is 340 g/mol. The van der Waals surface area contributed by atoms with Crippen molar-refractivity contribution in [2.75, 3.05) is 31.7 Å². The second kappa shape index (κ2) is 6.57. The molecule has 2 atom stereocenters. The lowest BCUT2D eigenvalue weighted by atomic mass is 10.2. The number of hydrogen-bond acceptors (Lipinski definition) is 5. The highest BCUT2D eigenvalue weighted by Gasteiger charge is 2.26. The van der Waals surface area contributed by atoms with Gasteiger partial charge < -0.3 is 15.0 Å². The fourth-order valence-corrected chi connectivity index (χ4v) is 2.71. The molecular formula is C13H19BrN4O3. The molecule has 0 saturated carbocycles. The number of rotatable bonds is 3. The van der Waals surface area contributed by atoms with Gasteiger partial charge in [-0.3, -0.25) is 14.2 Å². The lowest BCUT2D eigenvalue weighted by Gasteiger charge is -2.34. The highest BCUT2D eigenvalue weighted by atomic mass is 79.9. The van der Waals surface area contributed by atoms with Crippen LogP contribution in [0.4, 0.5) is 5.82 Å². The predicted molar refractivity (Wildman–Crippen MR) is 82.6 cm³/mol. The van der Waals surface area contributed by atoms with E-state index in [2.05, 4.69) is 26.2 Å². The van der Waals surface area contributed by atoms with Gasteiger partial charge in [0.15, 0.2) is 5.82 Å². The first kappa shape index (κ1) is 16.0. The SMILES string of the molecule is CNC(=O)C(C)n1cc(Br)nc(N2CCOC[C@H]2C)c1=O. The fourth-order valence-electron chi connectivity index (χ4n) is 2.32. The maximum atomic E-state index is 12.6. The van der Waals surface area contributed by atoms with Gasteiger partial charge in [-0.05, 0) is 29.8 Å². The molecule has 1 aromatic rings. The molecule has 21 heavy (non-hydrogen) atoms. The molecule has 0 aliphatic carbocycles. The topological polar surface area (TPSA) is 76.5 Å². The van der Waals surface area contributed by atoms with Crippen molar-refractivity contribution in [1.29, 1.82) is 0 Å². The van der Waals surface area contributed by atoms with E-state index in [4.69, 9.17) is 4.74 Å². The molecule has 0 bridgehead atoms. The highest BCUT2D eigenvalue weighted by Crippen LogP contribution is 2.17. The molecule has 2 heterocycles. The number of halogens is 1. The summed E-state index contributed by atoms with van der Waals surface area (Å²) in [6.07, 6.45) is 1.54. The average molecular weight is 359 g/mol. The van der Waals surface area contributed by atoms with Crippen molar-refractivity contribution < 1.29 is 9.53 Å². The van der Waals surface area contributed by atoms with Gasteiger partial charge in [-0.15, -0.1) is 0 Å². The first-order valence-corrected chi connectivity index (χ1v) is 7.59. The number of nitrogens with one attached hydrogen (secondary N) is 1. The van der Waals surface area contributed by atoms with Crippen molar-refractivity contribution >= 4 is 27.7 Å². The molecule has 8 heteroatoms. The normalized spacial score (nSPS) is 20.2. The van der Waals surface area contributed by atoms with Crippen LogP contribution in [-0.4, -0.2) is 48.3 Å². The van der Waals surface area contributed by atoms with E-state index in [1.54, 1.807) is 14.0 Å². The highest BCUT2D eigenvalue weighted by molar-refractivity contribution is 9.10. The molecule has 1 aliphatic heterocycles. The zero-order chi connectivity index (χ0) is 15.6. The molecule has 1 N–H and O–H groups in total. The molecule has 1 saturated heterocycles. The molecule has 1 amide bonds. The summed E-state index contributed by atoms with van der Waals surface area (Å²) < 4.78 is 7.30. The molecule has 1 aliphatic rings. The van der Waals surface area contributed by atoms with Gasteiger partial charge in [0.25, 0.3) is 5.56 Å². The summed E-state index contributed by atoms with van der Waals surface area (Å²) in [7, 11) is 1.55. The van der Waals surface area contributed by atoms with Crippen LogP contribution in [0.15, 0.2) is 15.6 Å². The first-order valence-electron chi connectivity index (χ1n) is 6.80. The number of nitrogens with zero attached hydrogens (tertiary/aromatic N) is 3. The van der Waals surface area contributed by atoms with E-state index in [9.17, 15) is 9.59 Å². The van der Waals surface area contributed by atoms with Crippen LogP contribution in [0, 0.1) is 0 Å². The monoisotopic (exact) mass is 358 g/mol. The summed E-state index contributed by atoms with van der Waals surface area (Å²) in [5, 5.41) is 2.55. The average Bonchev–Trinajstić information content (AvgIpc) is 2.48. The van der Waals surface area contributed by atoms with Crippen molar-refractivity contribution in [2.24, 2.45) is 0 Å². The Morgan fingerprint density at radius 3 is 2.95 bits per heavy atom. The zero-order valence-electron chi connectivity index (χ0n) is 12.3. The van der Waals surface area contributed by atoms with Crippen molar-refractivity contribution in [2.45, 2.75) is 25.9 Å². The second-order valence-electron chi connectivity index (χ2n) is 5.01. The van der Waals surface area contributed by atoms with Gasteiger partial charge in [-0.1, -0.05) is 0 Å². The van der Waals surface area contributed by atoms with Crippen LogP contribution >= 0.6 is 15.9 Å². The predicted octanol–water partition coefficient (Wildman–Crippen LogP) is 0.538. The van der Waals surface area contributed by atoms with E-state index in [0.717, 1.165) is 0 Å². The van der Waals surface area contributed by atoms with Crippen LogP contribution < -0.4 is 15.8 Å². The number of hydrogen-bond donors (Lipinski definition) is 1. The summed E-state index contributed by atoms with van der Waals surface area (Å²) >= 11 is 3.31. The lowest BCUT2D eigenvalue weighted by molar-refractivity contribution is -0.123. The maximum Gasteiger partial charge on any atom is 0.294 e. The van der Waals surface area contributed by atoms with Crippen molar-refractivity contribution in [3.63, 3.8) is 0 Å². The minimum Gasteiger partial charge on any atom is -0.377 e. The molecule has 0 aromatic carbocycles. The molecule has 7 nitrogen and oxygen atoms in total. The number of likely N-dealkylation sites (N-methyl/N-ethyl adjacent to an activating group) is 1. The lowest BCUT2D eigenvalue weighted by Crippen LogP contribution is -2.47. The Bertz CT molecular complexity index is 589. The summed E-state index contributed by atoms with van der Waals surface area (Å²) in [4.78, 5) is 30.6. The molecule has 0 spiro atoms. The van der Waals surface area contributed by atoms with Crippen LogP contribution in [0.5, 0.6) is 0 Å². The smallest absolute Gasteiger partial charge is 0.294 e. The van der Waals surface area contributed by atoms with Crippen LogP contribution in [0.3, 0.4) is 0 Å². The standard InChI is InChI=1S/C13H19BrN4O3/c1-8-7-21-5-4-17(8)11-13(20)18(6-10(14)16-11)9(2)12(19)15-3/h6,8-9H,4-5,7H2,1-3H3,(H,15,19)/t8-,9?/m1/s1. The zero-order valence-corrected chi connectivity index (χ0v) is 13.9. The summed E-state index contributed by atoms with van der Waals surface area (Å²) in [6, 6.07) is -0.533. The van der Waals surface area contributed by atoms with Gasteiger partial charge in [-0.25, -0.2) is 4.98 Å². The summed E-state index contributed by atoms with van der Waals surface area (Å²) in [6.45, 7) is 5.38. The molecule has 116 valence electrons. The number of morpholine rings is 1. The quantitative estimate of drug-likeness (QED) is 0.853. The number of aromatic nitrogens is 2. The Morgan fingerprint density at radius 1 is 1.62 bits per heavy atom. The summed E-state index contributed by atoms with van der Waals surface area (Å²) in [5.74, 6) is 0.118. The molecule has 2 rings (SSSR count). The van der Waals surface area contributed by atoms with E-state index < -0.39 is 6.04 Å². The van der Waals surface area contributed by atoms with Gasteiger partial charge in [0.2, 0.25) is 5.91 Å². The Kier molecular flexibility index (Phi) is 5.00. The number of carbonyl (C=O) groups excluding carboxylic acids is 1. The maximum absolute atomic E-state index is 12.6. The Labute approximate surface area is 131 Å². The second-order valence-corrected chi connectivity index (χ2v) is 5.82. The number of amides is 1. The largest absolute Gasteiger partial charge is 0.377 e. The van der Waals surface area contributed by atoms with E-state index in [1.165, 1.54) is 10.8 Å². The summed E-state index contributed by atoms with van der Waals surface area (Å²) in [5.41, 5.74) is -0.275.